The highest BCUT2D eigenvalue weighted by atomic mass is 16.1. The fourth-order valence-corrected chi connectivity index (χ4v) is 1.97. The average Bonchev–Trinajstić information content (AvgIpc) is 2.40. The summed E-state index contributed by atoms with van der Waals surface area (Å²) in [6.45, 7) is 0.866. The van der Waals surface area contributed by atoms with E-state index in [1.165, 1.54) is 0 Å². The van der Waals surface area contributed by atoms with Crippen LogP contribution in [0.3, 0.4) is 0 Å². The first-order valence-corrected chi connectivity index (χ1v) is 5.63. The third-order valence-electron chi connectivity index (χ3n) is 2.82. The van der Waals surface area contributed by atoms with Crippen molar-refractivity contribution in [2.45, 2.75) is 12.8 Å². The summed E-state index contributed by atoms with van der Waals surface area (Å²) in [6, 6.07) is 5.53. The van der Waals surface area contributed by atoms with Crippen LogP contribution in [0.4, 0.5) is 5.82 Å². The molecule has 0 spiro atoms. The third-order valence-corrected chi connectivity index (χ3v) is 2.82. The molecule has 0 unspecified atom stereocenters. The Hall–Kier alpha value is -2.17. The molecule has 3 rings (SSSR count). The van der Waals surface area contributed by atoms with E-state index in [2.05, 4.69) is 20.3 Å². The van der Waals surface area contributed by atoms with Crippen molar-refractivity contribution in [3.05, 3.63) is 40.3 Å². The predicted octanol–water partition coefficient (Wildman–Crippen LogP) is 1.19. The molecule has 2 aromatic heterocycles. The smallest absolute Gasteiger partial charge is 0.256 e. The minimum atomic E-state index is -0.0668. The summed E-state index contributed by atoms with van der Waals surface area (Å²) in [5, 5.41) is 3.15. The van der Waals surface area contributed by atoms with Crippen LogP contribution in [0.5, 0.6) is 0 Å². The normalized spacial score (nSPS) is 13.9. The molecule has 5 nitrogen and oxygen atoms in total. The molecule has 17 heavy (non-hydrogen) atoms. The monoisotopic (exact) mass is 228 g/mol. The SMILES string of the molecule is O=c1[nH]c(-c2ccccn2)nc2c1CCCN2. The first kappa shape index (κ1) is 10.0. The van der Waals surface area contributed by atoms with E-state index in [1.54, 1.807) is 6.20 Å². The fraction of sp³-hybridized carbons (Fsp3) is 0.250. The summed E-state index contributed by atoms with van der Waals surface area (Å²) in [4.78, 5) is 23.3. The molecule has 5 heteroatoms. The number of rotatable bonds is 1. The number of hydrogen-bond acceptors (Lipinski definition) is 4. The summed E-state index contributed by atoms with van der Waals surface area (Å²) in [5.74, 6) is 1.21. The Bertz CT molecular complexity index is 591. The Balaban J connectivity index is 2.14. The number of hydrogen-bond donors (Lipinski definition) is 2. The largest absolute Gasteiger partial charge is 0.370 e. The van der Waals surface area contributed by atoms with E-state index < -0.39 is 0 Å². The maximum absolute atomic E-state index is 11.9. The zero-order valence-corrected chi connectivity index (χ0v) is 9.23. The summed E-state index contributed by atoms with van der Waals surface area (Å²) in [6.07, 6.45) is 3.44. The van der Waals surface area contributed by atoms with Gasteiger partial charge in [-0.2, -0.15) is 0 Å². The molecule has 1 aliphatic heterocycles. The lowest BCUT2D eigenvalue weighted by molar-refractivity contribution is 0.799. The first-order valence-electron chi connectivity index (χ1n) is 5.63. The molecular formula is C12H12N4O. The number of H-pyrrole nitrogens is 1. The molecule has 0 radical (unpaired) electrons. The van der Waals surface area contributed by atoms with Crippen molar-refractivity contribution in [1.82, 2.24) is 15.0 Å². The van der Waals surface area contributed by atoms with E-state index >= 15 is 0 Å². The molecule has 2 N–H and O–H groups in total. The number of fused-ring (bicyclic) bond motifs is 1. The van der Waals surface area contributed by atoms with Gasteiger partial charge in [-0.15, -0.1) is 0 Å². The van der Waals surface area contributed by atoms with Gasteiger partial charge in [-0.1, -0.05) is 6.07 Å². The lowest BCUT2D eigenvalue weighted by Crippen LogP contribution is -2.24. The Morgan fingerprint density at radius 2 is 2.24 bits per heavy atom. The minimum absolute atomic E-state index is 0.0668. The van der Waals surface area contributed by atoms with Gasteiger partial charge in [-0.25, -0.2) is 4.98 Å². The maximum Gasteiger partial charge on any atom is 0.256 e. The molecule has 0 atom stereocenters. The summed E-state index contributed by atoms with van der Waals surface area (Å²) in [7, 11) is 0. The van der Waals surface area contributed by atoms with Gasteiger partial charge in [0.15, 0.2) is 5.82 Å². The van der Waals surface area contributed by atoms with Crippen molar-refractivity contribution in [2.75, 3.05) is 11.9 Å². The lowest BCUT2D eigenvalue weighted by atomic mass is 10.1. The van der Waals surface area contributed by atoms with Crippen LogP contribution in [-0.2, 0) is 6.42 Å². The van der Waals surface area contributed by atoms with E-state index in [1.807, 2.05) is 18.2 Å². The van der Waals surface area contributed by atoms with Crippen LogP contribution in [-0.4, -0.2) is 21.5 Å². The van der Waals surface area contributed by atoms with Crippen molar-refractivity contribution >= 4 is 5.82 Å². The third kappa shape index (κ3) is 1.80. The van der Waals surface area contributed by atoms with Gasteiger partial charge < -0.3 is 10.3 Å². The van der Waals surface area contributed by atoms with Crippen LogP contribution < -0.4 is 10.9 Å². The van der Waals surface area contributed by atoms with Gasteiger partial charge in [-0.3, -0.25) is 9.78 Å². The Kier molecular flexibility index (Phi) is 2.36. The van der Waals surface area contributed by atoms with Crippen molar-refractivity contribution in [2.24, 2.45) is 0 Å². The zero-order chi connectivity index (χ0) is 11.7. The molecular weight excluding hydrogens is 216 g/mol. The van der Waals surface area contributed by atoms with Crippen molar-refractivity contribution in [3.63, 3.8) is 0 Å². The highest BCUT2D eigenvalue weighted by Gasteiger charge is 2.15. The van der Waals surface area contributed by atoms with Gasteiger partial charge in [0.2, 0.25) is 0 Å². The second-order valence-electron chi connectivity index (χ2n) is 3.99. The molecule has 0 fully saturated rings. The van der Waals surface area contributed by atoms with Gasteiger partial charge in [-0.05, 0) is 25.0 Å². The van der Waals surface area contributed by atoms with Crippen LogP contribution >= 0.6 is 0 Å². The van der Waals surface area contributed by atoms with Crippen LogP contribution in [0.2, 0.25) is 0 Å². The van der Waals surface area contributed by atoms with Crippen LogP contribution in [0.15, 0.2) is 29.2 Å². The highest BCUT2D eigenvalue weighted by Crippen LogP contribution is 2.18. The van der Waals surface area contributed by atoms with Crippen LogP contribution in [0.1, 0.15) is 12.0 Å². The number of nitrogens with one attached hydrogen (secondary N) is 2. The molecule has 0 bridgehead atoms. The lowest BCUT2D eigenvalue weighted by Gasteiger charge is -2.16. The number of aromatic nitrogens is 3. The van der Waals surface area contributed by atoms with Gasteiger partial charge in [0.25, 0.3) is 5.56 Å². The molecule has 1 aliphatic rings. The molecule has 86 valence electrons. The summed E-state index contributed by atoms with van der Waals surface area (Å²) >= 11 is 0. The fourth-order valence-electron chi connectivity index (χ4n) is 1.97. The molecule has 0 aromatic carbocycles. The number of pyridine rings is 1. The predicted molar refractivity (Wildman–Crippen MR) is 64.9 cm³/mol. The molecule has 3 heterocycles. The Morgan fingerprint density at radius 3 is 3.06 bits per heavy atom. The maximum atomic E-state index is 11.9. The van der Waals surface area contributed by atoms with Crippen LogP contribution in [0, 0.1) is 0 Å². The summed E-state index contributed by atoms with van der Waals surface area (Å²) in [5.41, 5.74) is 1.36. The molecule has 0 aliphatic carbocycles. The number of nitrogens with zero attached hydrogens (tertiary/aromatic N) is 2. The number of aromatic amines is 1. The second kappa shape index (κ2) is 4.01. The highest BCUT2D eigenvalue weighted by molar-refractivity contribution is 5.55. The van der Waals surface area contributed by atoms with E-state index in [-0.39, 0.29) is 5.56 Å². The van der Waals surface area contributed by atoms with Gasteiger partial charge in [0.1, 0.15) is 11.5 Å². The first-order chi connectivity index (χ1) is 8.34. The standard InChI is InChI=1S/C12H12N4O/c17-12-8-4-3-7-14-10(8)15-11(16-12)9-5-1-2-6-13-9/h1-2,5-6H,3-4,7H2,(H2,14,15,16,17). The van der Waals surface area contributed by atoms with E-state index in [0.29, 0.717) is 17.3 Å². The summed E-state index contributed by atoms with van der Waals surface area (Å²) < 4.78 is 0. The molecule has 0 amide bonds. The van der Waals surface area contributed by atoms with Gasteiger partial charge in [0, 0.05) is 12.7 Å². The second-order valence-corrected chi connectivity index (χ2v) is 3.99. The number of anilines is 1. The average molecular weight is 228 g/mol. The molecule has 2 aromatic rings. The van der Waals surface area contributed by atoms with E-state index in [9.17, 15) is 4.79 Å². The zero-order valence-electron chi connectivity index (χ0n) is 9.23. The van der Waals surface area contributed by atoms with E-state index in [0.717, 1.165) is 24.9 Å². The Labute approximate surface area is 97.9 Å². The minimum Gasteiger partial charge on any atom is -0.370 e. The van der Waals surface area contributed by atoms with Gasteiger partial charge in [0.05, 0.1) is 5.56 Å². The quantitative estimate of drug-likeness (QED) is 0.769. The van der Waals surface area contributed by atoms with Crippen molar-refractivity contribution in [1.29, 1.82) is 0 Å². The molecule has 0 saturated heterocycles. The molecule has 0 saturated carbocycles. The van der Waals surface area contributed by atoms with Crippen molar-refractivity contribution in [3.8, 4) is 11.5 Å². The van der Waals surface area contributed by atoms with Crippen LogP contribution in [0.25, 0.3) is 11.5 Å². The van der Waals surface area contributed by atoms with Gasteiger partial charge >= 0.3 is 0 Å². The van der Waals surface area contributed by atoms with E-state index in [4.69, 9.17) is 0 Å². The topological polar surface area (TPSA) is 70.7 Å². The van der Waals surface area contributed by atoms with Crippen molar-refractivity contribution < 1.29 is 0 Å². The Morgan fingerprint density at radius 1 is 1.29 bits per heavy atom.